The number of likely N-dealkylation sites (tertiary alicyclic amines) is 1. The molecule has 88 valence electrons. The molecule has 0 radical (unpaired) electrons. The van der Waals surface area contributed by atoms with E-state index in [2.05, 4.69) is 6.07 Å². The largest absolute Gasteiger partial charge is 0.322 e. The van der Waals surface area contributed by atoms with Gasteiger partial charge in [0.15, 0.2) is 0 Å². The van der Waals surface area contributed by atoms with Gasteiger partial charge in [-0.25, -0.2) is 0 Å². The van der Waals surface area contributed by atoms with E-state index in [1.54, 1.807) is 16.7 Å². The summed E-state index contributed by atoms with van der Waals surface area (Å²) in [4.78, 5) is 13.8. The number of nitrogens with zero attached hydrogens (tertiary/aromatic N) is 2. The number of fused-ring (bicyclic) bond motifs is 1. The number of rotatable bonds is 4. The van der Waals surface area contributed by atoms with Crippen molar-refractivity contribution in [1.82, 2.24) is 4.90 Å². The summed E-state index contributed by atoms with van der Waals surface area (Å²) in [6, 6.07) is 1.87. The predicted molar refractivity (Wildman–Crippen MR) is 63.7 cm³/mol. The van der Waals surface area contributed by atoms with Gasteiger partial charge >= 0.3 is 0 Å². The van der Waals surface area contributed by atoms with Crippen LogP contribution in [0.3, 0.4) is 0 Å². The number of hydrogen-bond acceptors (Lipinski definition) is 4. The molecule has 0 unspecified atom stereocenters. The van der Waals surface area contributed by atoms with Gasteiger partial charge < -0.3 is 10.6 Å². The van der Waals surface area contributed by atoms with Crippen LogP contribution >= 0.6 is 11.8 Å². The first-order chi connectivity index (χ1) is 7.69. The molecular formula is C11H17N3OS. The number of amides is 1. The smallest absolute Gasteiger partial charge is 0.240 e. The van der Waals surface area contributed by atoms with E-state index in [-0.39, 0.29) is 11.9 Å². The zero-order chi connectivity index (χ0) is 11.7. The summed E-state index contributed by atoms with van der Waals surface area (Å²) in [5.41, 5.74) is 5.87. The van der Waals surface area contributed by atoms with Gasteiger partial charge in [0.1, 0.15) is 6.04 Å². The van der Waals surface area contributed by atoms with Crippen molar-refractivity contribution in [2.75, 3.05) is 12.0 Å². The maximum absolute atomic E-state index is 12.1. The Morgan fingerprint density at radius 2 is 2.44 bits per heavy atom. The van der Waals surface area contributed by atoms with E-state index in [1.807, 2.05) is 6.26 Å². The third-order valence-electron chi connectivity index (χ3n) is 3.46. The van der Waals surface area contributed by atoms with Crippen molar-refractivity contribution in [3.8, 4) is 6.07 Å². The Labute approximate surface area is 100 Å². The van der Waals surface area contributed by atoms with Crippen LogP contribution in [0.15, 0.2) is 0 Å². The van der Waals surface area contributed by atoms with E-state index in [0.29, 0.717) is 18.4 Å². The van der Waals surface area contributed by atoms with Gasteiger partial charge in [0.05, 0.1) is 12.1 Å². The van der Waals surface area contributed by atoms with Crippen molar-refractivity contribution in [2.24, 2.45) is 11.7 Å². The van der Waals surface area contributed by atoms with E-state index >= 15 is 0 Å². The van der Waals surface area contributed by atoms with Gasteiger partial charge in [0, 0.05) is 6.04 Å². The Hall–Kier alpha value is -0.730. The van der Waals surface area contributed by atoms with E-state index < -0.39 is 6.04 Å². The molecule has 2 fully saturated rings. The fourth-order valence-electron chi connectivity index (χ4n) is 2.45. The second-order valence-electron chi connectivity index (χ2n) is 4.58. The lowest BCUT2D eigenvalue weighted by Crippen LogP contribution is -2.47. The summed E-state index contributed by atoms with van der Waals surface area (Å²) in [6.45, 7) is 0. The molecule has 1 saturated heterocycles. The van der Waals surface area contributed by atoms with Crippen LogP contribution in [0.5, 0.6) is 0 Å². The van der Waals surface area contributed by atoms with Crippen molar-refractivity contribution < 1.29 is 4.79 Å². The third-order valence-corrected chi connectivity index (χ3v) is 4.10. The first kappa shape index (κ1) is 11.7. The molecule has 0 aromatic heterocycles. The summed E-state index contributed by atoms with van der Waals surface area (Å²) in [5.74, 6) is 1.44. The lowest BCUT2D eigenvalue weighted by atomic mass is 10.1. The zero-order valence-corrected chi connectivity index (χ0v) is 10.2. The Morgan fingerprint density at radius 3 is 3.06 bits per heavy atom. The van der Waals surface area contributed by atoms with Gasteiger partial charge in [-0.2, -0.15) is 17.0 Å². The fraction of sp³-hybridized carbons (Fsp3) is 0.818. The number of piperidine rings is 1. The summed E-state index contributed by atoms with van der Waals surface area (Å²) < 4.78 is 0. The number of nitriles is 1. The average molecular weight is 239 g/mol. The first-order valence-electron chi connectivity index (χ1n) is 5.65. The maximum Gasteiger partial charge on any atom is 0.240 e. The van der Waals surface area contributed by atoms with Crippen LogP contribution in [0.2, 0.25) is 0 Å². The Morgan fingerprint density at radius 1 is 1.69 bits per heavy atom. The topological polar surface area (TPSA) is 70.1 Å². The second-order valence-corrected chi connectivity index (χ2v) is 5.56. The molecule has 0 aromatic rings. The minimum absolute atomic E-state index is 0.0226. The molecule has 1 heterocycles. The normalized spacial score (nSPS) is 33.1. The molecule has 5 heteroatoms. The Bertz CT molecular complexity index is 328. The fourth-order valence-corrected chi connectivity index (χ4v) is 2.94. The van der Waals surface area contributed by atoms with Gasteiger partial charge in [0.2, 0.25) is 5.91 Å². The van der Waals surface area contributed by atoms with Crippen LogP contribution in [0.25, 0.3) is 0 Å². The van der Waals surface area contributed by atoms with Crippen LogP contribution in [0.1, 0.15) is 19.3 Å². The molecule has 4 atom stereocenters. The highest BCUT2D eigenvalue weighted by Crippen LogP contribution is 2.47. The van der Waals surface area contributed by atoms with Gasteiger partial charge in [-0.05, 0) is 37.2 Å². The molecule has 1 saturated carbocycles. The highest BCUT2D eigenvalue weighted by atomic mass is 32.2. The van der Waals surface area contributed by atoms with Crippen molar-refractivity contribution in [2.45, 2.75) is 37.4 Å². The number of carbonyl (C=O) groups is 1. The van der Waals surface area contributed by atoms with Crippen LogP contribution < -0.4 is 5.73 Å². The van der Waals surface area contributed by atoms with E-state index in [9.17, 15) is 4.79 Å². The van der Waals surface area contributed by atoms with Crippen molar-refractivity contribution in [1.29, 1.82) is 5.26 Å². The van der Waals surface area contributed by atoms with Crippen molar-refractivity contribution >= 4 is 17.7 Å². The Balaban J connectivity index is 1.95. The van der Waals surface area contributed by atoms with Gasteiger partial charge in [-0.15, -0.1) is 0 Å². The summed E-state index contributed by atoms with van der Waals surface area (Å²) in [5, 5.41) is 8.99. The average Bonchev–Trinajstić information content (AvgIpc) is 2.96. The van der Waals surface area contributed by atoms with Crippen molar-refractivity contribution in [3.63, 3.8) is 0 Å². The molecule has 16 heavy (non-hydrogen) atoms. The van der Waals surface area contributed by atoms with E-state index in [1.165, 1.54) is 0 Å². The van der Waals surface area contributed by atoms with E-state index in [0.717, 1.165) is 18.6 Å². The highest BCUT2D eigenvalue weighted by molar-refractivity contribution is 7.98. The molecule has 2 aliphatic rings. The zero-order valence-electron chi connectivity index (χ0n) is 9.43. The van der Waals surface area contributed by atoms with Gasteiger partial charge in [0.25, 0.3) is 0 Å². The number of thioether (sulfide) groups is 1. The molecule has 2 rings (SSSR count). The minimum Gasteiger partial charge on any atom is -0.322 e. The number of nitrogens with two attached hydrogens (primary N) is 1. The van der Waals surface area contributed by atoms with Crippen molar-refractivity contribution in [3.05, 3.63) is 0 Å². The molecule has 0 aromatic carbocycles. The van der Waals surface area contributed by atoms with Gasteiger partial charge in [-0.3, -0.25) is 4.79 Å². The summed E-state index contributed by atoms with van der Waals surface area (Å²) >= 11 is 1.69. The van der Waals surface area contributed by atoms with Crippen LogP contribution in [0.4, 0.5) is 0 Å². The lowest BCUT2D eigenvalue weighted by molar-refractivity contribution is -0.133. The lowest BCUT2D eigenvalue weighted by Gasteiger charge is -2.25. The van der Waals surface area contributed by atoms with Crippen LogP contribution in [-0.2, 0) is 4.79 Å². The third kappa shape index (κ3) is 2.04. The molecule has 1 aliphatic heterocycles. The predicted octanol–water partition coefficient (Wildman–Crippen LogP) is 0.580. The molecule has 1 amide bonds. The molecule has 1 aliphatic carbocycles. The van der Waals surface area contributed by atoms with Crippen LogP contribution in [-0.4, -0.2) is 40.9 Å². The molecule has 4 nitrogen and oxygen atoms in total. The van der Waals surface area contributed by atoms with E-state index in [4.69, 9.17) is 11.0 Å². The number of carbonyl (C=O) groups excluding carboxylic acids is 1. The maximum atomic E-state index is 12.1. The van der Waals surface area contributed by atoms with Gasteiger partial charge in [-0.1, -0.05) is 0 Å². The highest BCUT2D eigenvalue weighted by Gasteiger charge is 2.54. The molecular weight excluding hydrogens is 222 g/mol. The SMILES string of the molecule is CSCC[C@H](N)C(=O)N1[C@H](C#N)C[C@@H]2C[C@@H]21. The Kier molecular flexibility index (Phi) is 3.41. The van der Waals surface area contributed by atoms with Crippen LogP contribution in [0, 0.1) is 17.2 Å². The number of hydrogen-bond donors (Lipinski definition) is 1. The second kappa shape index (κ2) is 4.64. The summed E-state index contributed by atoms with van der Waals surface area (Å²) in [7, 11) is 0. The molecule has 0 bridgehead atoms. The standard InChI is InChI=1S/C11H17N3OS/c1-16-3-2-9(13)11(15)14-8(6-12)4-7-5-10(7)14/h7-10H,2-5,13H2,1H3/t7-,8+,9+,10+/m1/s1. The molecule has 2 N–H and O–H groups in total. The quantitative estimate of drug-likeness (QED) is 0.779. The molecule has 0 spiro atoms. The monoisotopic (exact) mass is 239 g/mol. The first-order valence-corrected chi connectivity index (χ1v) is 7.04. The minimum atomic E-state index is -0.428. The summed E-state index contributed by atoms with van der Waals surface area (Å²) in [6.07, 6.45) is 4.62.